The molecule has 2 rings (SSSR count). The predicted molar refractivity (Wildman–Crippen MR) is 58.4 cm³/mol. The van der Waals surface area contributed by atoms with Crippen LogP contribution < -0.4 is 5.73 Å². The Labute approximate surface area is 90.3 Å². The summed E-state index contributed by atoms with van der Waals surface area (Å²) < 4.78 is 1.97. The van der Waals surface area contributed by atoms with Gasteiger partial charge >= 0.3 is 0 Å². The second-order valence-electron chi connectivity index (χ2n) is 4.41. The van der Waals surface area contributed by atoms with Crippen LogP contribution in [0.2, 0.25) is 0 Å². The molecule has 0 fully saturated rings. The first kappa shape index (κ1) is 10.6. The zero-order chi connectivity index (χ0) is 10.8. The summed E-state index contributed by atoms with van der Waals surface area (Å²) >= 11 is 0. The van der Waals surface area contributed by atoms with Gasteiger partial charge < -0.3 is 10.6 Å². The highest BCUT2D eigenvalue weighted by Crippen LogP contribution is 2.20. The Hall–Kier alpha value is -0.940. The summed E-state index contributed by atoms with van der Waals surface area (Å²) in [5.41, 5.74) is 5.98. The van der Waals surface area contributed by atoms with Crippen LogP contribution >= 0.6 is 0 Å². The quantitative estimate of drug-likeness (QED) is 0.771. The molecule has 0 radical (unpaired) electrons. The normalized spacial score (nSPS) is 20.7. The van der Waals surface area contributed by atoms with E-state index in [0.717, 1.165) is 44.0 Å². The average Bonchev–Trinajstić information content (AvgIpc) is 2.59. The van der Waals surface area contributed by atoms with E-state index in [0.29, 0.717) is 0 Å². The third-order valence-electron chi connectivity index (χ3n) is 2.74. The molecule has 0 bridgehead atoms. The fourth-order valence-electron chi connectivity index (χ4n) is 1.86. The van der Waals surface area contributed by atoms with Crippen LogP contribution in [0.5, 0.6) is 0 Å². The van der Waals surface area contributed by atoms with Gasteiger partial charge in [0.2, 0.25) is 0 Å². The van der Waals surface area contributed by atoms with E-state index in [2.05, 4.69) is 29.1 Å². The van der Waals surface area contributed by atoms with Crippen molar-refractivity contribution in [2.45, 2.75) is 31.8 Å². The highest BCUT2D eigenvalue weighted by atomic mass is 15.4. The number of hydrogen-bond acceptors (Lipinski definition) is 4. The minimum absolute atomic E-state index is 0.0827. The molecule has 0 aliphatic carbocycles. The first-order valence-electron chi connectivity index (χ1n) is 5.51. The van der Waals surface area contributed by atoms with Gasteiger partial charge in [-0.1, -0.05) is 0 Å². The number of aromatic nitrogens is 3. The first-order chi connectivity index (χ1) is 7.16. The molecular weight excluding hydrogens is 190 g/mol. The molecule has 1 atom stereocenters. The van der Waals surface area contributed by atoms with E-state index in [-0.39, 0.29) is 6.04 Å². The Kier molecular flexibility index (Phi) is 3.02. The van der Waals surface area contributed by atoms with E-state index in [1.807, 2.05) is 4.68 Å². The molecular formula is C10H19N5. The number of hydrogen-bond donors (Lipinski definition) is 1. The van der Waals surface area contributed by atoms with Gasteiger partial charge in [-0.25, -0.2) is 9.67 Å². The highest BCUT2D eigenvalue weighted by molar-refractivity contribution is 5.01. The lowest BCUT2D eigenvalue weighted by atomic mass is 10.1. The van der Waals surface area contributed by atoms with Crippen molar-refractivity contribution in [3.05, 3.63) is 11.6 Å². The Balaban J connectivity index is 2.08. The molecule has 0 saturated carbocycles. The fraction of sp³-hybridized carbons (Fsp3) is 0.800. The van der Waals surface area contributed by atoms with E-state index < -0.39 is 0 Å². The van der Waals surface area contributed by atoms with Gasteiger partial charge in [-0.3, -0.25) is 0 Å². The SMILES string of the molecule is CN(C)CCc1nc2n(n1)CCCC2N. The van der Waals surface area contributed by atoms with Gasteiger partial charge in [0.25, 0.3) is 0 Å². The van der Waals surface area contributed by atoms with Gasteiger partial charge in [0.1, 0.15) is 5.82 Å². The Morgan fingerprint density at radius 1 is 1.53 bits per heavy atom. The second-order valence-corrected chi connectivity index (χ2v) is 4.41. The lowest BCUT2D eigenvalue weighted by Crippen LogP contribution is -2.22. The summed E-state index contributed by atoms with van der Waals surface area (Å²) in [7, 11) is 4.11. The number of fused-ring (bicyclic) bond motifs is 1. The monoisotopic (exact) mass is 209 g/mol. The van der Waals surface area contributed by atoms with E-state index in [9.17, 15) is 0 Å². The van der Waals surface area contributed by atoms with Crippen LogP contribution in [0.1, 0.15) is 30.5 Å². The zero-order valence-corrected chi connectivity index (χ0v) is 9.48. The van der Waals surface area contributed by atoms with Crippen LogP contribution in [-0.2, 0) is 13.0 Å². The number of nitrogens with zero attached hydrogens (tertiary/aromatic N) is 4. The highest BCUT2D eigenvalue weighted by Gasteiger charge is 2.20. The van der Waals surface area contributed by atoms with Crippen LogP contribution in [0.4, 0.5) is 0 Å². The number of nitrogens with two attached hydrogens (primary N) is 1. The largest absolute Gasteiger partial charge is 0.321 e. The van der Waals surface area contributed by atoms with Gasteiger partial charge in [0.15, 0.2) is 5.82 Å². The van der Waals surface area contributed by atoms with Crippen molar-refractivity contribution in [1.82, 2.24) is 19.7 Å². The van der Waals surface area contributed by atoms with Crippen LogP contribution in [0, 0.1) is 0 Å². The molecule has 84 valence electrons. The third-order valence-corrected chi connectivity index (χ3v) is 2.74. The molecule has 1 aromatic heterocycles. The molecule has 5 nitrogen and oxygen atoms in total. The molecule has 1 unspecified atom stereocenters. The smallest absolute Gasteiger partial charge is 0.152 e. The number of rotatable bonds is 3. The van der Waals surface area contributed by atoms with Crippen molar-refractivity contribution in [1.29, 1.82) is 0 Å². The molecule has 0 spiro atoms. The van der Waals surface area contributed by atoms with Gasteiger partial charge in [0, 0.05) is 19.5 Å². The maximum absolute atomic E-state index is 5.98. The summed E-state index contributed by atoms with van der Waals surface area (Å²) in [5.74, 6) is 1.89. The maximum atomic E-state index is 5.98. The van der Waals surface area contributed by atoms with Crippen LogP contribution in [0.3, 0.4) is 0 Å². The molecule has 15 heavy (non-hydrogen) atoms. The number of likely N-dealkylation sites (N-methyl/N-ethyl adjacent to an activating group) is 1. The second kappa shape index (κ2) is 4.28. The topological polar surface area (TPSA) is 60.0 Å². The summed E-state index contributed by atoms with van der Waals surface area (Å²) in [5, 5.41) is 4.47. The molecule has 2 heterocycles. The molecule has 1 aliphatic rings. The van der Waals surface area contributed by atoms with Crippen molar-refractivity contribution < 1.29 is 0 Å². The molecule has 0 aromatic carbocycles. The first-order valence-corrected chi connectivity index (χ1v) is 5.51. The van der Waals surface area contributed by atoms with Crippen LogP contribution in [0.15, 0.2) is 0 Å². The number of aryl methyl sites for hydroxylation is 1. The van der Waals surface area contributed by atoms with Crippen molar-refractivity contribution in [3.63, 3.8) is 0 Å². The van der Waals surface area contributed by atoms with Gasteiger partial charge in [-0.2, -0.15) is 5.10 Å². The minimum Gasteiger partial charge on any atom is -0.321 e. The van der Waals surface area contributed by atoms with Crippen molar-refractivity contribution >= 4 is 0 Å². The van der Waals surface area contributed by atoms with Gasteiger partial charge in [-0.05, 0) is 26.9 Å². The minimum atomic E-state index is 0.0827. The Bertz CT molecular complexity index is 331. The summed E-state index contributed by atoms with van der Waals surface area (Å²) in [6.45, 7) is 1.96. The molecule has 0 saturated heterocycles. The van der Waals surface area contributed by atoms with Crippen molar-refractivity contribution in [3.8, 4) is 0 Å². The molecule has 5 heteroatoms. The average molecular weight is 209 g/mol. The van der Waals surface area contributed by atoms with Gasteiger partial charge in [-0.15, -0.1) is 0 Å². The van der Waals surface area contributed by atoms with E-state index >= 15 is 0 Å². The van der Waals surface area contributed by atoms with E-state index in [1.54, 1.807) is 0 Å². The van der Waals surface area contributed by atoms with Crippen LogP contribution in [-0.4, -0.2) is 40.3 Å². The lowest BCUT2D eigenvalue weighted by Gasteiger charge is -2.17. The Morgan fingerprint density at radius 2 is 2.33 bits per heavy atom. The van der Waals surface area contributed by atoms with Crippen LogP contribution in [0.25, 0.3) is 0 Å². The van der Waals surface area contributed by atoms with Gasteiger partial charge in [0.05, 0.1) is 6.04 Å². The third kappa shape index (κ3) is 2.35. The summed E-state index contributed by atoms with van der Waals surface area (Å²) in [6, 6.07) is 0.0827. The predicted octanol–water partition coefficient (Wildman–Crippen LogP) is 0.176. The van der Waals surface area contributed by atoms with E-state index in [1.165, 1.54) is 0 Å². The summed E-state index contributed by atoms with van der Waals surface area (Å²) in [4.78, 5) is 6.64. The maximum Gasteiger partial charge on any atom is 0.152 e. The van der Waals surface area contributed by atoms with Crippen molar-refractivity contribution in [2.24, 2.45) is 5.73 Å². The zero-order valence-electron chi connectivity index (χ0n) is 9.48. The van der Waals surface area contributed by atoms with E-state index in [4.69, 9.17) is 5.73 Å². The van der Waals surface area contributed by atoms with Crippen molar-refractivity contribution in [2.75, 3.05) is 20.6 Å². The molecule has 2 N–H and O–H groups in total. The lowest BCUT2D eigenvalue weighted by molar-refractivity contribution is 0.406. The fourth-order valence-corrected chi connectivity index (χ4v) is 1.86. The molecule has 0 amide bonds. The molecule has 1 aromatic rings. The summed E-state index contributed by atoms with van der Waals surface area (Å²) in [6.07, 6.45) is 3.05. The Morgan fingerprint density at radius 3 is 3.00 bits per heavy atom. The standard InChI is InChI=1S/C10H19N5/c1-14(2)7-5-9-12-10-8(11)4-3-6-15(10)13-9/h8H,3-7,11H2,1-2H3. The molecule has 1 aliphatic heterocycles.